The highest BCUT2D eigenvalue weighted by Crippen LogP contribution is 2.18. The number of nitrogens with zero attached hydrogens (tertiary/aromatic N) is 3. The summed E-state index contributed by atoms with van der Waals surface area (Å²) >= 11 is 8.21. The van der Waals surface area contributed by atoms with Gasteiger partial charge in [0.15, 0.2) is 0 Å². The lowest BCUT2D eigenvalue weighted by Crippen LogP contribution is -2.28. The Morgan fingerprint density at radius 3 is 2.74 bits per heavy atom. The highest BCUT2D eigenvalue weighted by Gasteiger charge is 2.17. The molecule has 1 aromatic heterocycles. The Bertz CT molecular complexity index is 592. The molecule has 0 aliphatic heterocycles. The van der Waals surface area contributed by atoms with E-state index in [4.69, 9.17) is 11.6 Å². The SMILES string of the molecule is CN(Cc1c(Cl)cnn1C)C(=O)c1ccccc1I. The van der Waals surface area contributed by atoms with Crippen LogP contribution in [0.25, 0.3) is 0 Å². The van der Waals surface area contributed by atoms with E-state index in [9.17, 15) is 4.79 Å². The molecule has 0 bridgehead atoms. The third-order valence-corrected chi connectivity index (χ3v) is 4.10. The lowest BCUT2D eigenvalue weighted by molar-refractivity contribution is 0.0781. The summed E-state index contributed by atoms with van der Waals surface area (Å²) in [5.74, 6) is -0.0257. The number of amides is 1. The van der Waals surface area contributed by atoms with Crippen LogP contribution in [0.15, 0.2) is 30.5 Å². The van der Waals surface area contributed by atoms with Gasteiger partial charge in [-0.15, -0.1) is 0 Å². The van der Waals surface area contributed by atoms with Gasteiger partial charge in [0, 0.05) is 17.7 Å². The van der Waals surface area contributed by atoms with Gasteiger partial charge in [-0.3, -0.25) is 9.48 Å². The van der Waals surface area contributed by atoms with E-state index >= 15 is 0 Å². The molecule has 0 N–H and O–H groups in total. The first-order valence-electron chi connectivity index (χ1n) is 5.67. The molecule has 0 fully saturated rings. The molecule has 2 rings (SSSR count). The molecule has 6 heteroatoms. The predicted octanol–water partition coefficient (Wildman–Crippen LogP) is 2.95. The fourth-order valence-corrected chi connectivity index (χ4v) is 2.59. The van der Waals surface area contributed by atoms with Crippen LogP contribution in [0.3, 0.4) is 0 Å². The molecule has 0 unspecified atom stereocenters. The van der Waals surface area contributed by atoms with Gasteiger partial charge in [-0.05, 0) is 34.7 Å². The van der Waals surface area contributed by atoms with Gasteiger partial charge in [0.1, 0.15) is 0 Å². The number of carbonyl (C=O) groups is 1. The van der Waals surface area contributed by atoms with Crippen LogP contribution in [0.1, 0.15) is 16.1 Å². The molecular weight excluding hydrogens is 377 g/mol. The molecule has 2 aromatic rings. The van der Waals surface area contributed by atoms with E-state index in [1.807, 2.05) is 31.3 Å². The first kappa shape index (κ1) is 14.3. The standard InChI is InChI=1S/C13H13ClIN3O/c1-17(8-12-10(14)7-16-18(12)2)13(19)9-5-3-4-6-11(9)15/h3-7H,8H2,1-2H3. The van der Waals surface area contributed by atoms with Crippen LogP contribution in [-0.2, 0) is 13.6 Å². The zero-order valence-electron chi connectivity index (χ0n) is 10.6. The average molecular weight is 390 g/mol. The van der Waals surface area contributed by atoms with Crippen LogP contribution in [0.2, 0.25) is 5.02 Å². The summed E-state index contributed by atoms with van der Waals surface area (Å²) in [6, 6.07) is 7.51. The average Bonchev–Trinajstić information content (AvgIpc) is 2.70. The Hall–Kier alpha value is -1.08. The van der Waals surface area contributed by atoms with Crippen LogP contribution in [-0.4, -0.2) is 27.6 Å². The van der Waals surface area contributed by atoms with Crippen LogP contribution in [0.4, 0.5) is 0 Å². The maximum absolute atomic E-state index is 12.4. The Morgan fingerprint density at radius 1 is 1.47 bits per heavy atom. The number of benzene rings is 1. The van der Waals surface area contributed by atoms with Crippen LogP contribution < -0.4 is 0 Å². The van der Waals surface area contributed by atoms with E-state index in [1.165, 1.54) is 0 Å². The van der Waals surface area contributed by atoms with Gasteiger partial charge >= 0.3 is 0 Å². The number of rotatable bonds is 3. The molecule has 0 aliphatic rings. The molecule has 4 nitrogen and oxygen atoms in total. The highest BCUT2D eigenvalue weighted by molar-refractivity contribution is 14.1. The zero-order chi connectivity index (χ0) is 14.0. The minimum atomic E-state index is -0.0257. The van der Waals surface area contributed by atoms with Gasteiger partial charge in [-0.1, -0.05) is 23.7 Å². The van der Waals surface area contributed by atoms with E-state index in [1.54, 1.807) is 22.8 Å². The van der Waals surface area contributed by atoms with Crippen molar-refractivity contribution in [3.63, 3.8) is 0 Å². The lowest BCUT2D eigenvalue weighted by Gasteiger charge is -2.18. The molecule has 1 aromatic carbocycles. The van der Waals surface area contributed by atoms with Gasteiger partial charge in [-0.25, -0.2) is 0 Å². The van der Waals surface area contributed by atoms with Crippen LogP contribution in [0, 0.1) is 3.57 Å². The molecule has 100 valence electrons. The fourth-order valence-electron chi connectivity index (χ4n) is 1.75. The maximum atomic E-state index is 12.4. The number of hydrogen-bond acceptors (Lipinski definition) is 2. The van der Waals surface area contributed by atoms with E-state index in [0.29, 0.717) is 17.1 Å². The third kappa shape index (κ3) is 3.09. The predicted molar refractivity (Wildman–Crippen MR) is 83.2 cm³/mol. The highest BCUT2D eigenvalue weighted by atomic mass is 127. The monoisotopic (exact) mass is 389 g/mol. The molecule has 0 aliphatic carbocycles. The summed E-state index contributed by atoms with van der Waals surface area (Å²) in [5, 5.41) is 4.64. The van der Waals surface area contributed by atoms with Crippen molar-refractivity contribution in [1.82, 2.24) is 14.7 Å². The van der Waals surface area contributed by atoms with Crippen molar-refractivity contribution in [2.45, 2.75) is 6.54 Å². The maximum Gasteiger partial charge on any atom is 0.255 e. The smallest absolute Gasteiger partial charge is 0.255 e. The van der Waals surface area contributed by atoms with Crippen molar-refractivity contribution in [3.8, 4) is 0 Å². The molecule has 0 saturated heterocycles. The molecule has 0 spiro atoms. The normalized spacial score (nSPS) is 10.5. The van der Waals surface area contributed by atoms with Crippen LogP contribution >= 0.6 is 34.2 Å². The summed E-state index contributed by atoms with van der Waals surface area (Å²) in [7, 11) is 3.57. The van der Waals surface area contributed by atoms with Crippen molar-refractivity contribution in [1.29, 1.82) is 0 Å². The number of hydrogen-bond donors (Lipinski definition) is 0. The number of carbonyl (C=O) groups excluding carboxylic acids is 1. The summed E-state index contributed by atoms with van der Waals surface area (Å²) in [5.41, 5.74) is 1.52. The minimum Gasteiger partial charge on any atom is -0.336 e. The summed E-state index contributed by atoms with van der Waals surface area (Å²) in [6.07, 6.45) is 1.58. The molecule has 0 saturated carbocycles. The van der Waals surface area contributed by atoms with E-state index in [-0.39, 0.29) is 5.91 Å². The second-order valence-electron chi connectivity index (χ2n) is 4.20. The van der Waals surface area contributed by atoms with Gasteiger partial charge in [0.25, 0.3) is 5.91 Å². The number of halogens is 2. The van der Waals surface area contributed by atoms with Crippen LogP contribution in [0.5, 0.6) is 0 Å². The molecular formula is C13H13ClIN3O. The fraction of sp³-hybridized carbons (Fsp3) is 0.231. The topological polar surface area (TPSA) is 38.1 Å². The summed E-state index contributed by atoms with van der Waals surface area (Å²) in [4.78, 5) is 14.0. The first-order valence-corrected chi connectivity index (χ1v) is 7.12. The molecule has 19 heavy (non-hydrogen) atoms. The first-order chi connectivity index (χ1) is 9.00. The van der Waals surface area contributed by atoms with E-state index < -0.39 is 0 Å². The summed E-state index contributed by atoms with van der Waals surface area (Å²) in [6.45, 7) is 0.430. The van der Waals surface area contributed by atoms with Crippen molar-refractivity contribution in [3.05, 3.63) is 50.3 Å². The zero-order valence-corrected chi connectivity index (χ0v) is 13.5. The Morgan fingerprint density at radius 2 is 2.16 bits per heavy atom. The van der Waals surface area contributed by atoms with Crippen molar-refractivity contribution < 1.29 is 4.79 Å². The Labute approximate surface area is 130 Å². The van der Waals surface area contributed by atoms with Gasteiger partial charge in [-0.2, -0.15) is 5.10 Å². The Kier molecular flexibility index (Phi) is 4.46. The molecule has 0 radical (unpaired) electrons. The lowest BCUT2D eigenvalue weighted by atomic mass is 10.2. The minimum absolute atomic E-state index is 0.0257. The van der Waals surface area contributed by atoms with Gasteiger partial charge in [0.05, 0.1) is 29.0 Å². The number of aromatic nitrogens is 2. The van der Waals surface area contributed by atoms with Gasteiger partial charge in [0.2, 0.25) is 0 Å². The second kappa shape index (κ2) is 5.92. The van der Waals surface area contributed by atoms with Gasteiger partial charge < -0.3 is 4.90 Å². The Balaban J connectivity index is 2.19. The van der Waals surface area contributed by atoms with Crippen molar-refractivity contribution in [2.75, 3.05) is 7.05 Å². The van der Waals surface area contributed by atoms with Crippen molar-refractivity contribution in [2.24, 2.45) is 7.05 Å². The largest absolute Gasteiger partial charge is 0.336 e. The summed E-state index contributed by atoms with van der Waals surface area (Å²) < 4.78 is 2.62. The van der Waals surface area contributed by atoms with E-state index in [0.717, 1.165) is 9.26 Å². The molecule has 1 amide bonds. The third-order valence-electron chi connectivity index (χ3n) is 2.85. The van der Waals surface area contributed by atoms with E-state index in [2.05, 4.69) is 27.7 Å². The number of aryl methyl sites for hydroxylation is 1. The van der Waals surface area contributed by atoms with Crippen molar-refractivity contribution >= 4 is 40.1 Å². The molecule has 1 heterocycles. The molecule has 0 atom stereocenters. The second-order valence-corrected chi connectivity index (χ2v) is 5.77. The quantitative estimate of drug-likeness (QED) is 0.757.